The fourth-order valence-corrected chi connectivity index (χ4v) is 1.18. The molecule has 0 aromatic rings. The molecule has 0 aromatic heterocycles. The van der Waals surface area contributed by atoms with Crippen LogP contribution in [0.3, 0.4) is 0 Å². The van der Waals surface area contributed by atoms with E-state index in [1.807, 2.05) is 0 Å². The van der Waals surface area contributed by atoms with Gasteiger partial charge in [0.1, 0.15) is 0 Å². The Morgan fingerprint density at radius 1 is 0.708 bits per heavy atom. The summed E-state index contributed by atoms with van der Waals surface area (Å²) in [6.45, 7) is 0. The molecule has 2 unspecified atom stereocenters. The van der Waals surface area contributed by atoms with Gasteiger partial charge < -0.3 is 30.9 Å². The number of carbonyl (C=O) groups excluding carboxylic acids is 2. The van der Waals surface area contributed by atoms with Crippen LogP contribution in [0.2, 0.25) is 0 Å². The Balaban J connectivity index is -0.0000000963. The third kappa shape index (κ3) is 23.0. The van der Waals surface area contributed by atoms with E-state index in [1.165, 1.54) is 0 Å². The van der Waals surface area contributed by atoms with Crippen molar-refractivity contribution < 1.29 is 54.1 Å². The maximum atomic E-state index is 10.7. The second kappa shape index (κ2) is 19.3. The first-order valence-corrected chi connectivity index (χ1v) is 6.34. The molecule has 0 radical (unpaired) electrons. The van der Waals surface area contributed by atoms with Crippen LogP contribution in [0.1, 0.15) is 0 Å². The van der Waals surface area contributed by atoms with Crippen LogP contribution in [0.15, 0.2) is 0 Å². The number of aliphatic hydroxyl groups excluding tert-OH is 2. The minimum absolute atomic E-state index is 0. The molecule has 24 heavy (non-hydrogen) atoms. The fraction of sp³-hybridized carbons (Fsp3) is 0.500. The second-order valence-electron chi connectivity index (χ2n) is 2.55. The summed E-state index contributed by atoms with van der Waals surface area (Å²) < 4.78 is 62.5. The number of hydrogen-bond acceptors (Lipinski definition) is 12. The summed E-state index contributed by atoms with van der Waals surface area (Å²) in [6, 6.07) is 0. The van der Waals surface area contributed by atoms with Crippen molar-refractivity contribution in [3.63, 3.8) is 0 Å². The minimum atomic E-state index is -5.30. The van der Waals surface area contributed by atoms with Gasteiger partial charge >= 0.3 is 136 Å². The van der Waals surface area contributed by atoms with Gasteiger partial charge in [0, 0.05) is 0 Å². The molecule has 0 fully saturated rings. The Morgan fingerprint density at radius 3 is 1.00 bits per heavy atom. The first-order chi connectivity index (χ1) is 7.83. The van der Waals surface area contributed by atoms with Crippen molar-refractivity contribution in [3.8, 4) is 0 Å². The molecule has 0 aliphatic carbocycles. The molecule has 2 atom stereocenters. The van der Waals surface area contributed by atoms with Gasteiger partial charge in [-0.05, 0) is 0 Å². The number of aliphatic hydroxyl groups is 2. The molecule has 0 saturated carbocycles. The molecule has 0 spiro atoms. The van der Waals surface area contributed by atoms with E-state index in [0.29, 0.717) is 0 Å². The zero-order chi connectivity index (χ0) is 14.7. The van der Waals surface area contributed by atoms with Gasteiger partial charge in [0.05, 0.1) is 0 Å². The predicted molar refractivity (Wildman–Crippen MR) is 91.5 cm³/mol. The van der Waals surface area contributed by atoms with Gasteiger partial charge in [-0.2, -0.15) is 16.8 Å². The molecule has 10 N–H and O–H groups in total. The Bertz CT molecular complexity index is 505. The second-order valence-corrected chi connectivity index (χ2v) is 4.59. The molecular weight excluding hydrogens is 464 g/mol. The van der Waals surface area contributed by atoms with E-state index in [4.69, 9.17) is 19.3 Å². The van der Waals surface area contributed by atoms with Gasteiger partial charge in [-0.3, -0.25) is 9.11 Å². The Labute approximate surface area is 244 Å². The van der Waals surface area contributed by atoms with Crippen molar-refractivity contribution in [1.29, 1.82) is 0 Å². The van der Waals surface area contributed by atoms with E-state index >= 15 is 0 Å². The van der Waals surface area contributed by atoms with Crippen molar-refractivity contribution >= 4 is 170 Å². The zero-order valence-electron chi connectivity index (χ0n) is 9.44. The summed E-state index contributed by atoms with van der Waals surface area (Å²) in [5, 5.41) is 17.7. The Hall–Kier alpha value is 2.94. The van der Waals surface area contributed by atoms with Crippen molar-refractivity contribution in [1.82, 2.24) is 12.3 Å². The first-order valence-electron chi connectivity index (χ1n) is 3.61. The van der Waals surface area contributed by atoms with E-state index in [1.54, 1.807) is 0 Å². The summed E-state index contributed by atoms with van der Waals surface area (Å²) in [5.41, 5.74) is 0. The molecular formula is C4H20Al2K2N2O12S2. The van der Waals surface area contributed by atoms with Gasteiger partial charge in [0.15, 0.2) is 46.9 Å². The van der Waals surface area contributed by atoms with E-state index < -0.39 is 44.9 Å². The normalized spacial score (nSPS) is 11.7. The fourth-order valence-electron chi connectivity index (χ4n) is 0.564. The van der Waals surface area contributed by atoms with Crippen molar-refractivity contribution in [2.45, 2.75) is 12.2 Å². The molecule has 0 amide bonds. The van der Waals surface area contributed by atoms with Crippen molar-refractivity contribution in [2.24, 2.45) is 0 Å². The van der Waals surface area contributed by atoms with Gasteiger partial charge in [-0.15, -0.1) is 0 Å². The van der Waals surface area contributed by atoms with E-state index in [-0.39, 0.29) is 150 Å². The van der Waals surface area contributed by atoms with Crippen LogP contribution in [0, 0.1) is 0 Å². The maximum absolute atomic E-state index is 10.7. The standard InChI is InChI=1S/C4H6O12S2.2Al.2K.2H3N.8H/c5-1(3(7)15-17(9,10)11)2(6)4(8)16-18(12,13)14;;;;;;;;;;;;;;/h1-2,5-6H,(H,9,10,11)(H,12,13,14);;;;;2*1H3;;;;;;;;. The summed E-state index contributed by atoms with van der Waals surface area (Å²) in [5.74, 6) is -4.37. The molecule has 0 aliphatic heterocycles. The molecule has 14 nitrogen and oxygen atoms in total. The van der Waals surface area contributed by atoms with Gasteiger partial charge in [0.25, 0.3) is 0 Å². The zero-order valence-corrected chi connectivity index (χ0v) is 11.1. The molecule has 20 heteroatoms. The van der Waals surface area contributed by atoms with E-state index in [9.17, 15) is 26.4 Å². The molecule has 0 aromatic carbocycles. The van der Waals surface area contributed by atoms with Crippen LogP contribution in [-0.4, -0.2) is 198 Å². The van der Waals surface area contributed by atoms with Crippen molar-refractivity contribution in [3.05, 3.63) is 0 Å². The quantitative estimate of drug-likeness (QED) is 0.156. The molecule has 0 aliphatic rings. The summed E-state index contributed by atoms with van der Waals surface area (Å²) in [7, 11) is -10.6. The van der Waals surface area contributed by atoms with Crippen LogP contribution < -0.4 is 12.3 Å². The molecule has 0 heterocycles. The van der Waals surface area contributed by atoms with Crippen molar-refractivity contribution in [2.75, 3.05) is 0 Å². The Morgan fingerprint density at radius 2 is 0.875 bits per heavy atom. The monoisotopic (exact) mass is 484 g/mol. The van der Waals surface area contributed by atoms with Crippen LogP contribution in [0.25, 0.3) is 0 Å². The van der Waals surface area contributed by atoms with Crippen LogP contribution in [0.4, 0.5) is 0 Å². The van der Waals surface area contributed by atoms with Crippen LogP contribution >= 0.6 is 0 Å². The number of carbonyl (C=O) groups is 2. The third-order valence-corrected chi connectivity index (χ3v) is 1.91. The number of rotatable bonds is 5. The SMILES string of the molecule is N.N.O=C(OS(=O)(=O)O)C(O)C(O)C(=O)OS(=O)(=O)O.[AlH3].[AlH3].[KH].[KH]. The van der Waals surface area contributed by atoms with Crippen LogP contribution in [0.5, 0.6) is 0 Å². The molecule has 0 bridgehead atoms. The number of hydrogen-bond donors (Lipinski definition) is 6. The predicted octanol–water partition coefficient (Wildman–Crippen LogP) is -6.94. The summed E-state index contributed by atoms with van der Waals surface area (Å²) >= 11 is 0. The molecule has 138 valence electrons. The third-order valence-electron chi connectivity index (χ3n) is 1.16. The molecule has 0 rings (SSSR count). The van der Waals surface area contributed by atoms with E-state index in [2.05, 4.69) is 8.37 Å². The Kier molecular flexibility index (Phi) is 36.6. The molecule has 0 saturated heterocycles. The topological polar surface area (TPSA) is 272 Å². The van der Waals surface area contributed by atoms with E-state index in [0.717, 1.165) is 0 Å². The van der Waals surface area contributed by atoms with Gasteiger partial charge in [-0.25, -0.2) is 9.59 Å². The summed E-state index contributed by atoms with van der Waals surface area (Å²) in [4.78, 5) is 21.4. The van der Waals surface area contributed by atoms with Crippen LogP contribution in [-0.2, 0) is 38.8 Å². The summed E-state index contributed by atoms with van der Waals surface area (Å²) in [6.07, 6.45) is -5.75. The average Bonchev–Trinajstić information content (AvgIpc) is 2.09. The van der Waals surface area contributed by atoms with Gasteiger partial charge in [0.2, 0.25) is 0 Å². The van der Waals surface area contributed by atoms with Gasteiger partial charge in [-0.1, -0.05) is 0 Å². The first kappa shape index (κ1) is 45.6. The average molecular weight is 484 g/mol.